The molecule has 0 unspecified atom stereocenters. The van der Waals surface area contributed by atoms with Crippen LogP contribution in [0.25, 0.3) is 0 Å². The predicted molar refractivity (Wildman–Crippen MR) is 59.2 cm³/mol. The van der Waals surface area contributed by atoms with Crippen molar-refractivity contribution in [2.75, 3.05) is 5.43 Å². The van der Waals surface area contributed by atoms with Gasteiger partial charge in [0.1, 0.15) is 0 Å². The van der Waals surface area contributed by atoms with Gasteiger partial charge >= 0.3 is 0 Å². The van der Waals surface area contributed by atoms with E-state index in [1.807, 2.05) is 6.07 Å². The van der Waals surface area contributed by atoms with E-state index in [0.717, 1.165) is 0 Å². The number of benzene rings is 1. The summed E-state index contributed by atoms with van der Waals surface area (Å²) >= 11 is 10.2. The van der Waals surface area contributed by atoms with Gasteiger partial charge in [-0.15, -0.1) is 0 Å². The average molecular weight is 245 g/mol. The van der Waals surface area contributed by atoms with Crippen LogP contribution in [0.1, 0.15) is 0 Å². The van der Waals surface area contributed by atoms with E-state index in [1.165, 1.54) is 0 Å². The average Bonchev–Trinajstić information content (AvgIpc) is 2.18. The number of carbonyl (C=O) groups excluding carboxylic acids is 2. The first-order valence-electron chi connectivity index (χ1n) is 3.89. The standard InChI is InChI=1S/C9H6Cl2N2O2/c10-8(14)7(9(11)15)13-12-6-4-2-1-3-5-6/h1-5,12H. The number of hydrogen-bond acceptors (Lipinski definition) is 4. The molecule has 0 heterocycles. The molecule has 0 fully saturated rings. The van der Waals surface area contributed by atoms with Crippen molar-refractivity contribution in [3.8, 4) is 0 Å². The molecule has 0 saturated carbocycles. The Morgan fingerprint density at radius 2 is 1.60 bits per heavy atom. The number of nitrogens with one attached hydrogen (secondary N) is 1. The smallest absolute Gasteiger partial charge is 0.277 e. The van der Waals surface area contributed by atoms with Crippen LogP contribution < -0.4 is 5.43 Å². The molecule has 0 amide bonds. The quantitative estimate of drug-likeness (QED) is 0.382. The fourth-order valence-corrected chi connectivity index (χ4v) is 1.10. The Bertz CT molecular complexity index is 388. The summed E-state index contributed by atoms with van der Waals surface area (Å²) in [4.78, 5) is 21.4. The molecular formula is C9H6Cl2N2O2. The summed E-state index contributed by atoms with van der Waals surface area (Å²) in [6.07, 6.45) is 0. The molecule has 0 aromatic heterocycles. The minimum Gasteiger partial charge on any atom is -0.278 e. The summed E-state index contributed by atoms with van der Waals surface area (Å²) < 4.78 is 0. The van der Waals surface area contributed by atoms with Gasteiger partial charge in [-0.1, -0.05) is 18.2 Å². The summed E-state index contributed by atoms with van der Waals surface area (Å²) in [6, 6.07) is 8.76. The maximum atomic E-state index is 10.7. The van der Waals surface area contributed by atoms with E-state index >= 15 is 0 Å². The normalized spacial score (nSPS) is 9.20. The van der Waals surface area contributed by atoms with Crippen molar-refractivity contribution >= 4 is 45.1 Å². The van der Waals surface area contributed by atoms with Gasteiger partial charge in [-0.3, -0.25) is 15.0 Å². The molecule has 0 bridgehead atoms. The van der Waals surface area contributed by atoms with Crippen LogP contribution in [0.5, 0.6) is 0 Å². The molecule has 15 heavy (non-hydrogen) atoms. The maximum absolute atomic E-state index is 10.7. The van der Waals surface area contributed by atoms with Crippen LogP contribution in [0.15, 0.2) is 35.4 Å². The van der Waals surface area contributed by atoms with Crippen LogP contribution in [0, 0.1) is 0 Å². The molecule has 0 atom stereocenters. The third-order valence-corrected chi connectivity index (χ3v) is 1.80. The number of anilines is 1. The lowest BCUT2D eigenvalue weighted by Crippen LogP contribution is -2.17. The highest BCUT2D eigenvalue weighted by atomic mass is 35.5. The summed E-state index contributed by atoms with van der Waals surface area (Å²) in [5.41, 5.74) is 2.56. The second-order valence-electron chi connectivity index (χ2n) is 2.49. The Kier molecular flexibility index (Phi) is 4.27. The van der Waals surface area contributed by atoms with Crippen LogP contribution in [0.4, 0.5) is 5.69 Å². The zero-order valence-corrected chi connectivity index (χ0v) is 8.92. The Balaban J connectivity index is 2.79. The minimum absolute atomic E-state index is 0.540. The van der Waals surface area contributed by atoms with Crippen LogP contribution >= 0.6 is 23.2 Å². The minimum atomic E-state index is -1.00. The van der Waals surface area contributed by atoms with Gasteiger partial charge in [-0.25, -0.2) is 0 Å². The summed E-state index contributed by atoms with van der Waals surface area (Å²) in [5, 5.41) is 1.49. The number of carbonyl (C=O) groups is 2. The lowest BCUT2D eigenvalue weighted by atomic mass is 10.3. The molecule has 1 aromatic rings. The fraction of sp³-hybridized carbons (Fsp3) is 0. The summed E-state index contributed by atoms with van der Waals surface area (Å²) in [7, 11) is 0. The van der Waals surface area contributed by atoms with Crippen molar-refractivity contribution in [3.05, 3.63) is 30.3 Å². The second-order valence-corrected chi connectivity index (χ2v) is 3.17. The van der Waals surface area contributed by atoms with E-state index in [0.29, 0.717) is 5.69 Å². The lowest BCUT2D eigenvalue weighted by molar-refractivity contribution is -0.109. The molecule has 1 aromatic carbocycles. The summed E-state index contributed by atoms with van der Waals surface area (Å²) in [6.45, 7) is 0. The highest BCUT2D eigenvalue weighted by Gasteiger charge is 2.15. The predicted octanol–water partition coefficient (Wildman–Crippen LogP) is 1.99. The van der Waals surface area contributed by atoms with Crippen LogP contribution in [0.3, 0.4) is 0 Å². The lowest BCUT2D eigenvalue weighted by Gasteiger charge is -1.99. The van der Waals surface area contributed by atoms with Gasteiger partial charge < -0.3 is 0 Å². The van der Waals surface area contributed by atoms with Gasteiger partial charge in [0.15, 0.2) is 0 Å². The van der Waals surface area contributed by atoms with Gasteiger partial charge in [0.2, 0.25) is 5.71 Å². The van der Waals surface area contributed by atoms with Crippen LogP contribution in [0.2, 0.25) is 0 Å². The molecule has 0 aliphatic heterocycles. The molecule has 0 saturated heterocycles. The van der Waals surface area contributed by atoms with E-state index < -0.39 is 16.2 Å². The number of halogens is 2. The Labute approximate surface area is 95.9 Å². The molecule has 0 aliphatic rings. The highest BCUT2D eigenvalue weighted by molar-refractivity contribution is 7.01. The first-order chi connectivity index (χ1) is 7.11. The molecule has 1 rings (SSSR count). The molecule has 6 heteroatoms. The van der Waals surface area contributed by atoms with E-state index in [4.69, 9.17) is 23.2 Å². The van der Waals surface area contributed by atoms with Crippen LogP contribution in [-0.2, 0) is 9.59 Å². The molecule has 1 N–H and O–H groups in total. The largest absolute Gasteiger partial charge is 0.278 e. The summed E-state index contributed by atoms with van der Waals surface area (Å²) in [5.74, 6) is 0. The van der Waals surface area contributed by atoms with Gasteiger partial charge in [-0.05, 0) is 35.3 Å². The first kappa shape index (κ1) is 11.7. The van der Waals surface area contributed by atoms with Crippen molar-refractivity contribution in [2.24, 2.45) is 5.10 Å². The second kappa shape index (κ2) is 5.48. The molecule has 0 radical (unpaired) electrons. The Hall–Kier alpha value is -1.39. The van der Waals surface area contributed by atoms with E-state index in [-0.39, 0.29) is 0 Å². The van der Waals surface area contributed by atoms with Crippen LogP contribution in [-0.4, -0.2) is 16.2 Å². The maximum Gasteiger partial charge on any atom is 0.277 e. The third-order valence-electron chi connectivity index (χ3n) is 1.44. The van der Waals surface area contributed by atoms with E-state index in [1.54, 1.807) is 24.3 Å². The third kappa shape index (κ3) is 3.69. The number of rotatable bonds is 4. The SMILES string of the molecule is O=C(Cl)C(=NNc1ccccc1)C(=O)Cl. The number of hydrogen-bond donors (Lipinski definition) is 1. The molecular weight excluding hydrogens is 239 g/mol. The molecule has 78 valence electrons. The Morgan fingerprint density at radius 1 is 1.07 bits per heavy atom. The van der Waals surface area contributed by atoms with Gasteiger partial charge in [-0.2, -0.15) is 5.10 Å². The fourth-order valence-electron chi connectivity index (χ4n) is 0.798. The zero-order chi connectivity index (χ0) is 11.3. The van der Waals surface area contributed by atoms with E-state index in [9.17, 15) is 9.59 Å². The van der Waals surface area contributed by atoms with Crippen molar-refractivity contribution in [3.63, 3.8) is 0 Å². The topological polar surface area (TPSA) is 58.5 Å². The molecule has 0 aliphatic carbocycles. The number of hydrazone groups is 1. The van der Waals surface area contributed by atoms with Gasteiger partial charge in [0.05, 0.1) is 5.69 Å². The van der Waals surface area contributed by atoms with E-state index in [2.05, 4.69) is 10.5 Å². The molecule has 4 nitrogen and oxygen atoms in total. The van der Waals surface area contributed by atoms with Gasteiger partial charge in [0, 0.05) is 0 Å². The highest BCUT2D eigenvalue weighted by Crippen LogP contribution is 2.05. The Morgan fingerprint density at radius 3 is 2.07 bits per heavy atom. The van der Waals surface area contributed by atoms with Gasteiger partial charge in [0.25, 0.3) is 10.5 Å². The van der Waals surface area contributed by atoms with Crippen molar-refractivity contribution < 1.29 is 9.59 Å². The van der Waals surface area contributed by atoms with Crippen molar-refractivity contribution in [2.45, 2.75) is 0 Å². The number of nitrogens with zero attached hydrogens (tertiary/aromatic N) is 1. The van der Waals surface area contributed by atoms with Crippen molar-refractivity contribution in [1.82, 2.24) is 0 Å². The monoisotopic (exact) mass is 244 g/mol. The van der Waals surface area contributed by atoms with Crippen molar-refractivity contribution in [1.29, 1.82) is 0 Å². The zero-order valence-electron chi connectivity index (χ0n) is 7.41. The number of para-hydroxylation sites is 1. The molecule has 0 spiro atoms. The first-order valence-corrected chi connectivity index (χ1v) is 4.65.